The number of benzene rings is 2. The summed E-state index contributed by atoms with van der Waals surface area (Å²) in [7, 11) is 0. The lowest BCUT2D eigenvalue weighted by Gasteiger charge is -2.30. The van der Waals surface area contributed by atoms with Crippen molar-refractivity contribution in [3.8, 4) is 0 Å². The van der Waals surface area contributed by atoms with Gasteiger partial charge in [0.15, 0.2) is 0 Å². The molecule has 1 aliphatic heterocycles. The molecule has 0 saturated carbocycles. The van der Waals surface area contributed by atoms with Gasteiger partial charge < -0.3 is 10.2 Å². The SMILES string of the molecule is Cc1ccc(NC(=O)C2CSC(c3cccc(F)c3)N2C(=O)C(C)C)cc1C. The van der Waals surface area contributed by atoms with Gasteiger partial charge in [-0.15, -0.1) is 11.8 Å². The van der Waals surface area contributed by atoms with Crippen molar-refractivity contribution in [1.29, 1.82) is 0 Å². The largest absolute Gasteiger partial charge is 0.324 e. The third-order valence-corrected chi connectivity index (χ3v) is 6.28. The van der Waals surface area contributed by atoms with Crippen LogP contribution in [-0.2, 0) is 9.59 Å². The second-order valence-electron chi connectivity index (χ2n) is 7.44. The average Bonchev–Trinajstić information content (AvgIpc) is 3.09. The molecule has 28 heavy (non-hydrogen) atoms. The van der Waals surface area contributed by atoms with Crippen molar-refractivity contribution >= 4 is 29.3 Å². The first-order chi connectivity index (χ1) is 13.3. The lowest BCUT2D eigenvalue weighted by Crippen LogP contribution is -2.47. The summed E-state index contributed by atoms with van der Waals surface area (Å²) in [5, 5.41) is 2.56. The maximum Gasteiger partial charge on any atom is 0.248 e. The number of aryl methyl sites for hydroxylation is 2. The Morgan fingerprint density at radius 2 is 1.89 bits per heavy atom. The lowest BCUT2D eigenvalue weighted by molar-refractivity contribution is -0.140. The molecule has 0 radical (unpaired) electrons. The van der Waals surface area contributed by atoms with Crippen molar-refractivity contribution in [3.63, 3.8) is 0 Å². The van der Waals surface area contributed by atoms with Crippen molar-refractivity contribution < 1.29 is 14.0 Å². The standard InChI is InChI=1S/C22H25FN2O2S/c1-13(2)21(27)25-19(12-28-22(25)16-6-5-7-17(23)11-16)20(26)24-18-9-8-14(3)15(4)10-18/h5-11,13,19,22H,12H2,1-4H3,(H,24,26). The van der Waals surface area contributed by atoms with Crippen LogP contribution in [0.1, 0.15) is 35.9 Å². The molecule has 6 heteroatoms. The predicted octanol–water partition coefficient (Wildman–Crippen LogP) is 4.68. The van der Waals surface area contributed by atoms with E-state index in [1.54, 1.807) is 17.0 Å². The van der Waals surface area contributed by atoms with Crippen LogP contribution >= 0.6 is 11.8 Å². The fourth-order valence-corrected chi connectivity index (χ4v) is 4.66. The van der Waals surface area contributed by atoms with Gasteiger partial charge in [0.05, 0.1) is 0 Å². The van der Waals surface area contributed by atoms with Crippen LogP contribution in [0.25, 0.3) is 0 Å². The van der Waals surface area contributed by atoms with Gasteiger partial charge in [0.25, 0.3) is 0 Å². The highest BCUT2D eigenvalue weighted by atomic mass is 32.2. The van der Waals surface area contributed by atoms with E-state index < -0.39 is 6.04 Å². The van der Waals surface area contributed by atoms with Gasteiger partial charge in [-0.1, -0.05) is 32.0 Å². The molecule has 3 rings (SSSR count). The van der Waals surface area contributed by atoms with Crippen LogP contribution in [0.3, 0.4) is 0 Å². The van der Waals surface area contributed by atoms with Crippen molar-refractivity contribution in [2.75, 3.05) is 11.1 Å². The zero-order chi connectivity index (χ0) is 20.4. The summed E-state index contributed by atoms with van der Waals surface area (Å²) in [6.07, 6.45) is 0. The van der Waals surface area contributed by atoms with Crippen LogP contribution in [-0.4, -0.2) is 28.5 Å². The fraction of sp³-hybridized carbons (Fsp3) is 0.364. The minimum Gasteiger partial charge on any atom is -0.324 e. The first kappa shape index (κ1) is 20.4. The van der Waals surface area contributed by atoms with Gasteiger partial charge in [0.2, 0.25) is 11.8 Å². The Hall–Kier alpha value is -2.34. The first-order valence-corrected chi connectivity index (χ1v) is 10.4. The van der Waals surface area contributed by atoms with Gasteiger partial charge in [-0.2, -0.15) is 0 Å². The van der Waals surface area contributed by atoms with Gasteiger partial charge in [-0.3, -0.25) is 9.59 Å². The quantitative estimate of drug-likeness (QED) is 0.811. The topological polar surface area (TPSA) is 49.4 Å². The minimum atomic E-state index is -0.602. The molecule has 1 saturated heterocycles. The summed E-state index contributed by atoms with van der Waals surface area (Å²) in [4.78, 5) is 27.5. The van der Waals surface area contributed by atoms with E-state index in [4.69, 9.17) is 0 Å². The van der Waals surface area contributed by atoms with E-state index in [0.717, 1.165) is 11.1 Å². The number of carbonyl (C=O) groups excluding carboxylic acids is 2. The second kappa shape index (κ2) is 8.35. The summed E-state index contributed by atoms with van der Waals surface area (Å²) in [6.45, 7) is 7.63. The number of carbonyl (C=O) groups is 2. The fourth-order valence-electron chi connectivity index (χ4n) is 3.24. The van der Waals surface area contributed by atoms with E-state index in [0.29, 0.717) is 17.0 Å². The number of halogens is 1. The summed E-state index contributed by atoms with van der Waals surface area (Å²) in [5.74, 6) is -0.469. The average molecular weight is 401 g/mol. The van der Waals surface area contributed by atoms with Gasteiger partial charge in [0.1, 0.15) is 17.2 Å². The smallest absolute Gasteiger partial charge is 0.248 e. The highest BCUT2D eigenvalue weighted by Gasteiger charge is 2.42. The Balaban J connectivity index is 1.87. The molecule has 2 atom stereocenters. The number of amides is 2. The number of nitrogens with zero attached hydrogens (tertiary/aromatic N) is 1. The van der Waals surface area contributed by atoms with Crippen LogP contribution in [0.2, 0.25) is 0 Å². The number of hydrogen-bond donors (Lipinski definition) is 1. The van der Waals surface area contributed by atoms with Gasteiger partial charge in [0, 0.05) is 17.4 Å². The van der Waals surface area contributed by atoms with Crippen molar-refractivity contribution in [2.24, 2.45) is 5.92 Å². The molecule has 0 aliphatic carbocycles. The Morgan fingerprint density at radius 3 is 2.54 bits per heavy atom. The molecule has 2 unspecified atom stereocenters. The number of hydrogen-bond acceptors (Lipinski definition) is 3. The third-order valence-electron chi connectivity index (χ3n) is 4.96. The highest BCUT2D eigenvalue weighted by Crippen LogP contribution is 2.42. The van der Waals surface area contributed by atoms with E-state index >= 15 is 0 Å². The van der Waals surface area contributed by atoms with Gasteiger partial charge >= 0.3 is 0 Å². The van der Waals surface area contributed by atoms with Crippen LogP contribution in [0.5, 0.6) is 0 Å². The second-order valence-corrected chi connectivity index (χ2v) is 8.56. The summed E-state index contributed by atoms with van der Waals surface area (Å²) in [6, 6.07) is 11.4. The monoisotopic (exact) mass is 400 g/mol. The zero-order valence-corrected chi connectivity index (χ0v) is 17.3. The van der Waals surface area contributed by atoms with E-state index in [9.17, 15) is 14.0 Å². The molecule has 2 amide bonds. The van der Waals surface area contributed by atoms with E-state index in [2.05, 4.69) is 5.32 Å². The number of thioether (sulfide) groups is 1. The van der Waals surface area contributed by atoms with E-state index in [-0.39, 0.29) is 28.9 Å². The van der Waals surface area contributed by atoms with E-state index in [1.165, 1.54) is 23.9 Å². The predicted molar refractivity (Wildman–Crippen MR) is 112 cm³/mol. The Morgan fingerprint density at radius 1 is 1.14 bits per heavy atom. The molecule has 0 bridgehead atoms. The van der Waals surface area contributed by atoms with Crippen molar-refractivity contribution in [2.45, 2.75) is 39.1 Å². The van der Waals surface area contributed by atoms with Crippen molar-refractivity contribution in [3.05, 3.63) is 65.0 Å². The molecule has 1 aliphatic rings. The maximum absolute atomic E-state index is 13.7. The van der Waals surface area contributed by atoms with Crippen LogP contribution in [0.15, 0.2) is 42.5 Å². The Labute approximate surface area is 169 Å². The molecule has 1 fully saturated rings. The molecule has 1 N–H and O–H groups in total. The Bertz CT molecular complexity index is 900. The minimum absolute atomic E-state index is 0.112. The highest BCUT2D eigenvalue weighted by molar-refractivity contribution is 7.99. The van der Waals surface area contributed by atoms with Crippen LogP contribution in [0.4, 0.5) is 10.1 Å². The summed E-state index contributed by atoms with van der Waals surface area (Å²) >= 11 is 1.49. The third kappa shape index (κ3) is 4.22. The maximum atomic E-state index is 13.7. The molecule has 4 nitrogen and oxygen atoms in total. The number of rotatable bonds is 4. The van der Waals surface area contributed by atoms with Gasteiger partial charge in [-0.25, -0.2) is 4.39 Å². The summed E-state index contributed by atoms with van der Waals surface area (Å²) < 4.78 is 13.7. The molecular formula is C22H25FN2O2S. The van der Waals surface area contributed by atoms with Crippen LogP contribution in [0, 0.1) is 25.6 Å². The lowest BCUT2D eigenvalue weighted by atomic mass is 10.1. The molecule has 0 spiro atoms. The molecule has 0 aromatic heterocycles. The zero-order valence-electron chi connectivity index (χ0n) is 16.5. The normalized spacial score (nSPS) is 19.1. The van der Waals surface area contributed by atoms with Crippen molar-refractivity contribution in [1.82, 2.24) is 4.90 Å². The number of nitrogens with one attached hydrogen (secondary N) is 1. The van der Waals surface area contributed by atoms with Crippen LogP contribution < -0.4 is 5.32 Å². The van der Waals surface area contributed by atoms with Gasteiger partial charge in [-0.05, 0) is 54.8 Å². The Kier molecular flexibility index (Phi) is 6.08. The first-order valence-electron chi connectivity index (χ1n) is 9.35. The molecule has 148 valence electrons. The molecule has 2 aromatic carbocycles. The number of anilines is 1. The molecule has 2 aromatic rings. The summed E-state index contributed by atoms with van der Waals surface area (Å²) in [5.41, 5.74) is 3.65. The molecule has 1 heterocycles. The molecular weight excluding hydrogens is 375 g/mol. The van der Waals surface area contributed by atoms with E-state index in [1.807, 2.05) is 45.9 Å².